The van der Waals surface area contributed by atoms with E-state index in [2.05, 4.69) is 26.4 Å². The molecule has 0 spiro atoms. The number of nitrogens with one attached hydrogen (secondary N) is 1. The number of fused-ring (bicyclic) bond motifs is 1. The second-order valence-electron chi connectivity index (χ2n) is 8.19. The Morgan fingerprint density at radius 1 is 1.18 bits per heavy atom. The first-order valence-electron chi connectivity index (χ1n) is 11.1. The van der Waals surface area contributed by atoms with Gasteiger partial charge >= 0.3 is 0 Å². The van der Waals surface area contributed by atoms with Crippen molar-refractivity contribution in [1.29, 1.82) is 0 Å². The van der Waals surface area contributed by atoms with Crippen LogP contribution in [-0.2, 0) is 6.54 Å². The number of hydrogen-bond acceptors (Lipinski definition) is 8. The normalized spacial score (nSPS) is 18.4. The summed E-state index contributed by atoms with van der Waals surface area (Å²) in [5.74, 6) is 0.691. The lowest BCUT2D eigenvalue weighted by Crippen LogP contribution is -2.24. The largest absolute Gasteiger partial charge is 0.492 e. The summed E-state index contributed by atoms with van der Waals surface area (Å²) in [6.45, 7) is 3.91. The number of nitrogens with zero attached hydrogens (tertiary/aromatic N) is 4. The average Bonchev–Trinajstić information content (AvgIpc) is 3.43. The molecule has 0 amide bonds. The standard InChI is InChI=1S/C24H26ClN5O2S/c25-23-20(6-2-7-22(23)32-13-3-11-29-12-8-19(31)15-29)17-4-1-5-18(14-17)28-30-16-21-24(33-30)27-10-9-26-21/h1-2,4-7,9-10,14,19,28,31H,3,8,11-13,15-16H2. The summed E-state index contributed by atoms with van der Waals surface area (Å²) < 4.78 is 8.02. The molecule has 0 radical (unpaired) electrons. The lowest BCUT2D eigenvalue weighted by Gasteiger charge is -2.17. The highest BCUT2D eigenvalue weighted by Crippen LogP contribution is 2.37. The van der Waals surface area contributed by atoms with Crippen molar-refractivity contribution < 1.29 is 9.84 Å². The Bertz CT molecular complexity index is 1090. The monoisotopic (exact) mass is 483 g/mol. The molecule has 1 atom stereocenters. The molecule has 3 aromatic rings. The van der Waals surface area contributed by atoms with Crippen LogP contribution in [0.5, 0.6) is 5.75 Å². The number of hydrazine groups is 1. The molecule has 1 aromatic heterocycles. The Hall–Kier alpha value is -2.36. The molecule has 7 nitrogen and oxygen atoms in total. The van der Waals surface area contributed by atoms with E-state index in [0.29, 0.717) is 23.9 Å². The maximum Gasteiger partial charge on any atom is 0.138 e. The molecule has 0 bridgehead atoms. The fourth-order valence-electron chi connectivity index (χ4n) is 4.10. The molecule has 9 heteroatoms. The molecule has 0 aliphatic carbocycles. The van der Waals surface area contributed by atoms with Gasteiger partial charge in [0.25, 0.3) is 0 Å². The van der Waals surface area contributed by atoms with Gasteiger partial charge in [-0.3, -0.25) is 4.98 Å². The molecule has 2 aliphatic rings. The Kier molecular flexibility index (Phi) is 6.99. The van der Waals surface area contributed by atoms with E-state index in [1.807, 2.05) is 40.8 Å². The highest BCUT2D eigenvalue weighted by molar-refractivity contribution is 7.97. The molecule has 172 valence electrons. The third-order valence-electron chi connectivity index (χ3n) is 5.74. The highest BCUT2D eigenvalue weighted by atomic mass is 35.5. The van der Waals surface area contributed by atoms with Gasteiger partial charge in [-0.15, -0.1) is 0 Å². The minimum atomic E-state index is -0.185. The maximum absolute atomic E-state index is 9.65. The van der Waals surface area contributed by atoms with Crippen LogP contribution in [0.25, 0.3) is 11.1 Å². The summed E-state index contributed by atoms with van der Waals surface area (Å²) in [4.78, 5) is 11.0. The van der Waals surface area contributed by atoms with Crippen LogP contribution in [0.1, 0.15) is 18.5 Å². The topological polar surface area (TPSA) is 73.8 Å². The highest BCUT2D eigenvalue weighted by Gasteiger charge is 2.22. The average molecular weight is 484 g/mol. The Morgan fingerprint density at radius 2 is 2.06 bits per heavy atom. The molecule has 5 rings (SSSR count). The van der Waals surface area contributed by atoms with E-state index in [9.17, 15) is 5.11 Å². The van der Waals surface area contributed by atoms with Crippen LogP contribution in [0, 0.1) is 0 Å². The van der Waals surface area contributed by atoms with E-state index >= 15 is 0 Å². The van der Waals surface area contributed by atoms with Gasteiger partial charge in [-0.1, -0.05) is 35.9 Å². The van der Waals surface area contributed by atoms with Gasteiger partial charge in [0.05, 0.1) is 35.7 Å². The number of rotatable bonds is 8. The van der Waals surface area contributed by atoms with Crippen LogP contribution in [-0.4, -0.2) is 56.7 Å². The van der Waals surface area contributed by atoms with Crippen molar-refractivity contribution in [3.8, 4) is 16.9 Å². The summed E-state index contributed by atoms with van der Waals surface area (Å²) in [6, 6.07) is 14.0. The molecule has 1 saturated heterocycles. The van der Waals surface area contributed by atoms with Crippen LogP contribution in [0.2, 0.25) is 5.02 Å². The number of β-amino-alcohol motifs (C(OH)–C–C–N with tert-alkyl or cyclic N) is 1. The number of aliphatic hydroxyl groups excluding tert-OH is 1. The molecule has 33 heavy (non-hydrogen) atoms. The number of hydrogen-bond donors (Lipinski definition) is 2. The zero-order valence-electron chi connectivity index (χ0n) is 18.2. The van der Waals surface area contributed by atoms with E-state index in [4.69, 9.17) is 16.3 Å². The van der Waals surface area contributed by atoms with Crippen molar-refractivity contribution in [2.24, 2.45) is 0 Å². The van der Waals surface area contributed by atoms with Crippen molar-refractivity contribution in [2.75, 3.05) is 31.7 Å². The Balaban J connectivity index is 1.21. The van der Waals surface area contributed by atoms with E-state index in [1.54, 1.807) is 24.3 Å². The summed E-state index contributed by atoms with van der Waals surface area (Å²) in [5, 5.41) is 11.2. The molecule has 2 aromatic carbocycles. The number of benzene rings is 2. The van der Waals surface area contributed by atoms with E-state index in [-0.39, 0.29) is 6.10 Å². The van der Waals surface area contributed by atoms with Gasteiger partial charge in [0, 0.05) is 49.5 Å². The zero-order valence-corrected chi connectivity index (χ0v) is 19.7. The van der Waals surface area contributed by atoms with Crippen LogP contribution < -0.4 is 10.2 Å². The SMILES string of the molecule is OC1CCN(CCCOc2cccc(-c3cccc(NN4Cc5nccnc5S4)c3)c2Cl)C1. The number of aromatic nitrogens is 2. The van der Waals surface area contributed by atoms with E-state index < -0.39 is 0 Å². The van der Waals surface area contributed by atoms with Crippen LogP contribution in [0.4, 0.5) is 5.69 Å². The summed E-state index contributed by atoms with van der Waals surface area (Å²) in [5.41, 5.74) is 7.30. The number of anilines is 1. The molecule has 2 aliphatic heterocycles. The van der Waals surface area contributed by atoms with Crippen molar-refractivity contribution in [1.82, 2.24) is 19.3 Å². The van der Waals surface area contributed by atoms with Crippen LogP contribution in [0.3, 0.4) is 0 Å². The minimum absolute atomic E-state index is 0.185. The molecule has 2 N–H and O–H groups in total. The summed E-state index contributed by atoms with van der Waals surface area (Å²) in [7, 11) is 0. The van der Waals surface area contributed by atoms with Crippen molar-refractivity contribution >= 4 is 29.2 Å². The fourth-order valence-corrected chi connectivity index (χ4v) is 5.27. The lowest BCUT2D eigenvalue weighted by atomic mass is 10.0. The number of ether oxygens (including phenoxy) is 1. The quantitative estimate of drug-likeness (QED) is 0.359. The molecule has 1 unspecified atom stereocenters. The number of likely N-dealkylation sites (tertiary alicyclic amines) is 1. The fraction of sp³-hybridized carbons (Fsp3) is 0.333. The Labute approximate surface area is 202 Å². The zero-order chi connectivity index (χ0) is 22.6. The van der Waals surface area contributed by atoms with Gasteiger partial charge in [-0.2, -0.15) is 4.41 Å². The third-order valence-corrected chi connectivity index (χ3v) is 7.08. The first kappa shape index (κ1) is 22.4. The van der Waals surface area contributed by atoms with Gasteiger partial charge < -0.3 is 20.2 Å². The predicted octanol–water partition coefficient (Wildman–Crippen LogP) is 4.48. The molecule has 1 fully saturated rings. The minimum Gasteiger partial charge on any atom is -0.492 e. The van der Waals surface area contributed by atoms with E-state index in [0.717, 1.165) is 60.0 Å². The van der Waals surface area contributed by atoms with E-state index in [1.165, 1.54) is 0 Å². The van der Waals surface area contributed by atoms with Crippen molar-refractivity contribution in [3.63, 3.8) is 0 Å². The van der Waals surface area contributed by atoms with Gasteiger partial charge in [-0.05, 0) is 36.6 Å². The van der Waals surface area contributed by atoms with Gasteiger partial charge in [0.15, 0.2) is 0 Å². The molecule has 0 saturated carbocycles. The smallest absolute Gasteiger partial charge is 0.138 e. The first-order valence-corrected chi connectivity index (χ1v) is 12.2. The van der Waals surface area contributed by atoms with Crippen molar-refractivity contribution in [2.45, 2.75) is 30.5 Å². The first-order chi connectivity index (χ1) is 16.2. The molecular weight excluding hydrogens is 458 g/mol. The number of aliphatic hydroxyl groups is 1. The summed E-state index contributed by atoms with van der Waals surface area (Å²) in [6.07, 6.45) is 5.00. The van der Waals surface area contributed by atoms with Crippen LogP contribution >= 0.6 is 23.5 Å². The second-order valence-corrected chi connectivity index (χ2v) is 9.58. The number of halogens is 1. The van der Waals surface area contributed by atoms with Gasteiger partial charge in [0.1, 0.15) is 10.8 Å². The van der Waals surface area contributed by atoms with Gasteiger partial charge in [-0.25, -0.2) is 4.98 Å². The Morgan fingerprint density at radius 3 is 2.91 bits per heavy atom. The predicted molar refractivity (Wildman–Crippen MR) is 131 cm³/mol. The molecular formula is C24H26ClN5O2S. The second kappa shape index (κ2) is 10.3. The van der Waals surface area contributed by atoms with Gasteiger partial charge in [0.2, 0.25) is 0 Å². The van der Waals surface area contributed by atoms with Crippen LogP contribution in [0.15, 0.2) is 59.9 Å². The summed E-state index contributed by atoms with van der Waals surface area (Å²) >= 11 is 8.28. The van der Waals surface area contributed by atoms with Crippen molar-refractivity contribution in [3.05, 3.63) is 65.6 Å². The lowest BCUT2D eigenvalue weighted by molar-refractivity contribution is 0.173. The third kappa shape index (κ3) is 5.42. The molecule has 3 heterocycles. The maximum atomic E-state index is 9.65.